The highest BCUT2D eigenvalue weighted by Crippen LogP contribution is 2.15. The summed E-state index contributed by atoms with van der Waals surface area (Å²) in [6.07, 6.45) is 0. The van der Waals surface area contributed by atoms with E-state index < -0.39 is 37.0 Å². The first-order valence-electron chi connectivity index (χ1n) is 4.62. The van der Waals surface area contributed by atoms with Crippen molar-refractivity contribution in [1.29, 1.82) is 0 Å². The van der Waals surface area contributed by atoms with Crippen molar-refractivity contribution in [3.05, 3.63) is 0 Å². The van der Waals surface area contributed by atoms with Crippen LogP contribution in [0.5, 0.6) is 0 Å². The highest BCUT2D eigenvalue weighted by molar-refractivity contribution is 7.95. The van der Waals surface area contributed by atoms with Gasteiger partial charge in [-0.1, -0.05) is 0 Å². The topological polar surface area (TPSA) is 203 Å². The molecule has 0 aliphatic carbocycles. The van der Waals surface area contributed by atoms with Gasteiger partial charge in [0.1, 0.15) is 13.1 Å². The first-order valence-corrected chi connectivity index (χ1v) is 5.35. The number of rotatable bonds is 6. The summed E-state index contributed by atoms with van der Waals surface area (Å²) in [7, 11) is 0. The molecule has 0 unspecified atom stereocenters. The van der Waals surface area contributed by atoms with Crippen LogP contribution in [0, 0.1) is 0 Å². The van der Waals surface area contributed by atoms with Crippen molar-refractivity contribution in [2.45, 2.75) is 0 Å². The van der Waals surface area contributed by atoms with Gasteiger partial charge in [0.25, 0.3) is 11.8 Å². The Morgan fingerprint density at radius 2 is 1.16 bits per heavy atom. The van der Waals surface area contributed by atoms with Crippen molar-refractivity contribution in [1.82, 2.24) is 19.5 Å². The summed E-state index contributed by atoms with van der Waals surface area (Å²) in [6.45, 7) is -1.07. The van der Waals surface area contributed by atoms with Gasteiger partial charge in [-0.25, -0.2) is 29.9 Å². The largest absolute Gasteiger partial charge is 0.351 e. The number of amides is 6. The molecule has 0 aromatic carbocycles. The SMILES string of the molecule is NNC(=O)CN(SN(CC(=O)NN)C(N)=O)C(N)=O. The molecule has 0 rings (SSSR count). The molecule has 108 valence electrons. The zero-order valence-electron chi connectivity index (χ0n) is 9.66. The third kappa shape index (κ3) is 6.29. The van der Waals surface area contributed by atoms with Gasteiger partial charge >= 0.3 is 12.1 Å². The molecule has 10 N–H and O–H groups in total. The van der Waals surface area contributed by atoms with E-state index in [2.05, 4.69) is 0 Å². The molecule has 12 nitrogen and oxygen atoms in total. The standard InChI is InChI=1S/C6H14N8O4S/c7-5(17)13(1-3(15)11-9)19-14(6(8)18)2-4(16)12-10/h1-2,9-10H2,(H2,7,17)(H2,8,18)(H,11,15)(H,12,16). The van der Waals surface area contributed by atoms with Gasteiger partial charge in [-0.05, 0) is 0 Å². The lowest BCUT2D eigenvalue weighted by Crippen LogP contribution is -2.47. The molecule has 0 atom stereocenters. The van der Waals surface area contributed by atoms with E-state index in [0.717, 1.165) is 0 Å². The molecule has 0 fully saturated rings. The lowest BCUT2D eigenvalue weighted by molar-refractivity contribution is -0.121. The smallest absolute Gasteiger partial charge is 0.326 e. The molecule has 0 heterocycles. The number of primary amides is 2. The minimum atomic E-state index is -1.03. The molecule has 13 heteroatoms. The number of hydrazine groups is 2. The molecule has 0 aromatic rings. The molecule has 0 aliphatic heterocycles. The van der Waals surface area contributed by atoms with Gasteiger partial charge < -0.3 is 11.5 Å². The molecule has 0 saturated heterocycles. The lowest BCUT2D eigenvalue weighted by atomic mass is 10.6. The molecule has 6 amide bonds. The van der Waals surface area contributed by atoms with Crippen molar-refractivity contribution in [3.63, 3.8) is 0 Å². The Morgan fingerprint density at radius 3 is 1.37 bits per heavy atom. The Bertz CT molecular complexity index is 342. The minimum Gasteiger partial charge on any atom is -0.351 e. The first kappa shape index (κ1) is 16.8. The van der Waals surface area contributed by atoms with Crippen LogP contribution in [0.25, 0.3) is 0 Å². The summed E-state index contributed by atoms with van der Waals surface area (Å²) < 4.78 is 1.35. The fourth-order valence-corrected chi connectivity index (χ4v) is 1.51. The summed E-state index contributed by atoms with van der Waals surface area (Å²) in [5.74, 6) is 8.21. The predicted octanol–water partition coefficient (Wildman–Crippen LogP) is -3.71. The first-order chi connectivity index (χ1) is 8.81. The Balaban J connectivity index is 4.75. The second-order valence-corrected chi connectivity index (χ2v) is 4.01. The van der Waals surface area contributed by atoms with Crippen LogP contribution in [0.2, 0.25) is 0 Å². The number of nitrogens with two attached hydrogens (primary N) is 4. The second-order valence-electron chi connectivity index (χ2n) is 2.97. The molecule has 19 heavy (non-hydrogen) atoms. The summed E-state index contributed by atoms with van der Waals surface area (Å²) in [4.78, 5) is 44.2. The fraction of sp³-hybridized carbons (Fsp3) is 0.333. The van der Waals surface area contributed by atoms with E-state index in [1.165, 1.54) is 0 Å². The summed E-state index contributed by atoms with van der Waals surface area (Å²) in [5, 5.41) is 0. The Morgan fingerprint density at radius 1 is 0.842 bits per heavy atom. The predicted molar refractivity (Wildman–Crippen MR) is 64.8 cm³/mol. The zero-order valence-corrected chi connectivity index (χ0v) is 10.5. The molecule has 0 radical (unpaired) electrons. The number of nitrogens with one attached hydrogen (secondary N) is 2. The number of hydrogen-bond donors (Lipinski definition) is 6. The number of urea groups is 2. The quantitative estimate of drug-likeness (QED) is 0.125. The molecular weight excluding hydrogens is 280 g/mol. The summed E-state index contributed by atoms with van der Waals surface area (Å²) in [5.41, 5.74) is 13.5. The van der Waals surface area contributed by atoms with Crippen molar-refractivity contribution < 1.29 is 19.2 Å². The van der Waals surface area contributed by atoms with E-state index in [-0.39, 0.29) is 0 Å². The average molecular weight is 294 g/mol. The highest BCUT2D eigenvalue weighted by Gasteiger charge is 2.23. The fourth-order valence-electron chi connectivity index (χ4n) is 0.765. The van der Waals surface area contributed by atoms with Crippen LogP contribution in [0.3, 0.4) is 0 Å². The molecule has 0 aliphatic rings. The third-order valence-corrected chi connectivity index (χ3v) is 2.60. The number of hydrogen-bond acceptors (Lipinski definition) is 7. The monoisotopic (exact) mass is 294 g/mol. The van der Waals surface area contributed by atoms with Gasteiger partial charge in [0.15, 0.2) is 0 Å². The van der Waals surface area contributed by atoms with Crippen molar-refractivity contribution >= 4 is 36.0 Å². The Kier molecular flexibility index (Phi) is 7.02. The zero-order chi connectivity index (χ0) is 15.0. The Hall–Kier alpha value is -2.25. The van der Waals surface area contributed by atoms with Gasteiger partial charge in [-0.3, -0.25) is 20.4 Å². The second kappa shape index (κ2) is 7.96. The summed E-state index contributed by atoms with van der Waals surface area (Å²) in [6, 6.07) is -2.07. The molecule has 0 spiro atoms. The van der Waals surface area contributed by atoms with Crippen LogP contribution in [-0.2, 0) is 9.59 Å². The molecule has 0 saturated carbocycles. The van der Waals surface area contributed by atoms with E-state index in [4.69, 9.17) is 23.2 Å². The number of carbonyl (C=O) groups excluding carboxylic acids is 4. The highest BCUT2D eigenvalue weighted by atomic mass is 32.2. The molecular formula is C6H14N8O4S. The Labute approximate surface area is 112 Å². The maximum absolute atomic E-state index is 11.1. The van der Waals surface area contributed by atoms with Crippen LogP contribution in [0.1, 0.15) is 0 Å². The normalized spacial score (nSPS) is 9.37. The van der Waals surface area contributed by atoms with Crippen molar-refractivity contribution in [2.24, 2.45) is 23.2 Å². The van der Waals surface area contributed by atoms with Gasteiger partial charge in [-0.15, -0.1) is 0 Å². The third-order valence-electron chi connectivity index (χ3n) is 1.59. The van der Waals surface area contributed by atoms with E-state index in [1.54, 1.807) is 10.9 Å². The minimum absolute atomic E-state index is 0.378. The molecule has 0 aromatic heterocycles. The van der Waals surface area contributed by atoms with E-state index in [9.17, 15) is 19.2 Å². The average Bonchev–Trinajstić information content (AvgIpc) is 2.35. The number of nitrogens with zero attached hydrogens (tertiary/aromatic N) is 2. The van der Waals surface area contributed by atoms with Gasteiger partial charge in [0.2, 0.25) is 0 Å². The van der Waals surface area contributed by atoms with Gasteiger partial charge in [0, 0.05) is 0 Å². The van der Waals surface area contributed by atoms with E-state index in [1.807, 2.05) is 0 Å². The van der Waals surface area contributed by atoms with Crippen molar-refractivity contribution in [3.8, 4) is 0 Å². The lowest BCUT2D eigenvalue weighted by Gasteiger charge is -2.24. The van der Waals surface area contributed by atoms with Gasteiger partial charge in [-0.2, -0.15) is 0 Å². The van der Waals surface area contributed by atoms with Crippen LogP contribution < -0.4 is 34.0 Å². The van der Waals surface area contributed by atoms with Crippen LogP contribution in [0.15, 0.2) is 0 Å². The van der Waals surface area contributed by atoms with Gasteiger partial charge in [0.05, 0.1) is 12.1 Å². The van der Waals surface area contributed by atoms with Crippen LogP contribution >= 0.6 is 12.1 Å². The number of carbonyl (C=O) groups is 4. The van der Waals surface area contributed by atoms with E-state index >= 15 is 0 Å². The van der Waals surface area contributed by atoms with Crippen molar-refractivity contribution in [2.75, 3.05) is 13.1 Å². The van der Waals surface area contributed by atoms with Crippen LogP contribution in [-0.4, -0.2) is 45.6 Å². The maximum Gasteiger partial charge on any atom is 0.326 e. The molecule has 0 bridgehead atoms. The van der Waals surface area contributed by atoms with Crippen LogP contribution in [0.4, 0.5) is 9.59 Å². The summed E-state index contributed by atoms with van der Waals surface area (Å²) >= 11 is 0.378. The van der Waals surface area contributed by atoms with E-state index in [0.29, 0.717) is 20.7 Å². The maximum atomic E-state index is 11.1.